The van der Waals surface area contributed by atoms with Gasteiger partial charge in [0, 0.05) is 13.7 Å². The van der Waals surface area contributed by atoms with Crippen molar-refractivity contribution >= 4 is 32.6 Å². The molecule has 0 saturated carbocycles. The van der Waals surface area contributed by atoms with Gasteiger partial charge in [-0.1, -0.05) is 11.3 Å². The highest BCUT2D eigenvalue weighted by molar-refractivity contribution is 7.22. The number of nitrogens with zero attached hydrogens (tertiary/aromatic N) is 1. The van der Waals surface area contributed by atoms with Gasteiger partial charge in [0.1, 0.15) is 5.75 Å². The fraction of sp³-hybridized carbons (Fsp3) is 0.385. The Hall–Kier alpha value is -1.70. The molecule has 20 heavy (non-hydrogen) atoms. The summed E-state index contributed by atoms with van der Waals surface area (Å²) in [6.07, 6.45) is 0.473. The Bertz CT molecular complexity index is 600. The topological polar surface area (TPSA) is 86.5 Å². The molecular formula is C13H17N3O3S. The zero-order chi connectivity index (χ0) is 14.5. The Morgan fingerprint density at radius 1 is 1.50 bits per heavy atom. The summed E-state index contributed by atoms with van der Waals surface area (Å²) < 4.78 is 11.0. The van der Waals surface area contributed by atoms with E-state index in [1.54, 1.807) is 14.2 Å². The van der Waals surface area contributed by atoms with E-state index in [0.717, 1.165) is 16.0 Å². The zero-order valence-corrected chi connectivity index (χ0v) is 12.2. The summed E-state index contributed by atoms with van der Waals surface area (Å²) in [7, 11) is 3.19. The number of thiazole rings is 1. The molecule has 0 aliphatic carbocycles. The molecule has 1 atom stereocenters. The highest BCUT2D eigenvalue weighted by Gasteiger charge is 2.15. The van der Waals surface area contributed by atoms with Gasteiger partial charge in [0.25, 0.3) is 0 Å². The van der Waals surface area contributed by atoms with Gasteiger partial charge < -0.3 is 20.5 Å². The van der Waals surface area contributed by atoms with E-state index in [9.17, 15) is 4.79 Å². The van der Waals surface area contributed by atoms with Crippen molar-refractivity contribution in [2.24, 2.45) is 5.73 Å². The van der Waals surface area contributed by atoms with Crippen LogP contribution < -0.4 is 15.8 Å². The summed E-state index contributed by atoms with van der Waals surface area (Å²) in [5.74, 6) is 0.504. The normalized spacial score (nSPS) is 12.3. The molecule has 2 rings (SSSR count). The summed E-state index contributed by atoms with van der Waals surface area (Å²) in [6, 6.07) is 4.97. The third kappa shape index (κ3) is 3.44. The molecule has 3 N–H and O–H groups in total. The van der Waals surface area contributed by atoms with Gasteiger partial charge in [-0.15, -0.1) is 0 Å². The highest BCUT2D eigenvalue weighted by atomic mass is 32.1. The number of benzene rings is 1. The standard InChI is InChI=1S/C13H17N3O3S/c1-18-6-5-9(14)12(17)16-13-15-10-4-3-8(19-2)7-11(10)20-13/h3-4,7,9H,5-6,14H2,1-2H3,(H,15,16,17). The smallest absolute Gasteiger partial charge is 0.243 e. The highest BCUT2D eigenvalue weighted by Crippen LogP contribution is 2.29. The first-order valence-corrected chi connectivity index (χ1v) is 6.95. The molecule has 0 saturated heterocycles. The third-order valence-corrected chi connectivity index (χ3v) is 3.73. The molecule has 1 aromatic heterocycles. The fourth-order valence-corrected chi connectivity index (χ4v) is 2.56. The maximum atomic E-state index is 11.9. The molecule has 7 heteroatoms. The first kappa shape index (κ1) is 14.7. The molecule has 1 heterocycles. The van der Waals surface area contributed by atoms with Crippen LogP contribution in [0.3, 0.4) is 0 Å². The van der Waals surface area contributed by atoms with Crippen LogP contribution >= 0.6 is 11.3 Å². The van der Waals surface area contributed by atoms with Crippen LogP contribution in [0.1, 0.15) is 6.42 Å². The van der Waals surface area contributed by atoms with Crippen LogP contribution in [0.4, 0.5) is 5.13 Å². The number of hydrogen-bond acceptors (Lipinski definition) is 6. The Morgan fingerprint density at radius 2 is 2.30 bits per heavy atom. The van der Waals surface area contributed by atoms with Crippen molar-refractivity contribution in [2.45, 2.75) is 12.5 Å². The monoisotopic (exact) mass is 295 g/mol. The lowest BCUT2D eigenvalue weighted by Gasteiger charge is -2.09. The second kappa shape index (κ2) is 6.65. The number of nitrogens with one attached hydrogen (secondary N) is 1. The number of fused-ring (bicyclic) bond motifs is 1. The lowest BCUT2D eigenvalue weighted by atomic mass is 10.2. The van der Waals surface area contributed by atoms with Gasteiger partial charge in [0.05, 0.1) is 23.4 Å². The van der Waals surface area contributed by atoms with E-state index in [1.807, 2.05) is 18.2 Å². The molecule has 1 aromatic carbocycles. The van der Waals surface area contributed by atoms with Crippen molar-refractivity contribution in [3.05, 3.63) is 18.2 Å². The molecule has 0 radical (unpaired) electrons. The predicted octanol–water partition coefficient (Wildman–Crippen LogP) is 1.61. The minimum atomic E-state index is -0.600. The molecule has 0 bridgehead atoms. The largest absolute Gasteiger partial charge is 0.497 e. The fourth-order valence-electron chi connectivity index (χ4n) is 1.66. The molecule has 0 aliphatic heterocycles. The maximum absolute atomic E-state index is 11.9. The van der Waals surface area contributed by atoms with Gasteiger partial charge in [0.15, 0.2) is 5.13 Å². The van der Waals surface area contributed by atoms with E-state index in [-0.39, 0.29) is 5.91 Å². The van der Waals surface area contributed by atoms with Crippen molar-refractivity contribution in [1.29, 1.82) is 0 Å². The maximum Gasteiger partial charge on any atom is 0.243 e. The average Bonchev–Trinajstić information content (AvgIpc) is 2.85. The lowest BCUT2D eigenvalue weighted by molar-refractivity contribution is -0.117. The Labute approximate surface area is 120 Å². The average molecular weight is 295 g/mol. The second-order valence-corrected chi connectivity index (χ2v) is 5.26. The summed E-state index contributed by atoms with van der Waals surface area (Å²) in [5, 5.41) is 3.26. The number of amides is 1. The quantitative estimate of drug-likeness (QED) is 0.845. The molecule has 1 amide bonds. The Kier molecular flexibility index (Phi) is 4.89. The van der Waals surface area contributed by atoms with Crippen LogP contribution in [0.2, 0.25) is 0 Å². The summed E-state index contributed by atoms with van der Waals surface area (Å²) in [5.41, 5.74) is 6.57. The molecule has 2 aromatic rings. The van der Waals surface area contributed by atoms with Crippen molar-refractivity contribution in [2.75, 3.05) is 26.1 Å². The number of hydrogen-bond donors (Lipinski definition) is 2. The Morgan fingerprint density at radius 3 is 3.00 bits per heavy atom. The van der Waals surface area contributed by atoms with Gasteiger partial charge >= 0.3 is 0 Å². The van der Waals surface area contributed by atoms with E-state index in [4.69, 9.17) is 15.2 Å². The van der Waals surface area contributed by atoms with Gasteiger partial charge in [-0.3, -0.25) is 4.79 Å². The molecule has 0 aliphatic rings. The van der Waals surface area contributed by atoms with Crippen molar-refractivity contribution in [1.82, 2.24) is 4.98 Å². The number of nitrogens with two attached hydrogens (primary N) is 1. The van der Waals surface area contributed by atoms with Crippen molar-refractivity contribution in [3.8, 4) is 5.75 Å². The number of aromatic nitrogens is 1. The number of carbonyl (C=O) groups is 1. The van der Waals surface area contributed by atoms with Gasteiger partial charge in [-0.2, -0.15) is 0 Å². The van der Waals surface area contributed by atoms with E-state index in [1.165, 1.54) is 11.3 Å². The summed E-state index contributed by atoms with van der Waals surface area (Å²) in [4.78, 5) is 16.2. The van der Waals surface area contributed by atoms with E-state index >= 15 is 0 Å². The first-order chi connectivity index (χ1) is 9.63. The van der Waals surface area contributed by atoms with Crippen LogP contribution in [-0.4, -0.2) is 37.8 Å². The zero-order valence-electron chi connectivity index (χ0n) is 11.4. The van der Waals surface area contributed by atoms with E-state index < -0.39 is 6.04 Å². The molecule has 1 unspecified atom stereocenters. The minimum absolute atomic E-state index is 0.256. The Balaban J connectivity index is 2.07. The van der Waals surface area contributed by atoms with Crippen LogP contribution in [0, 0.1) is 0 Å². The van der Waals surface area contributed by atoms with Crippen molar-refractivity contribution < 1.29 is 14.3 Å². The summed E-state index contributed by atoms with van der Waals surface area (Å²) in [6.45, 7) is 0.450. The van der Waals surface area contributed by atoms with Gasteiger partial charge in [-0.25, -0.2) is 4.98 Å². The SMILES string of the molecule is COCCC(N)C(=O)Nc1nc2ccc(OC)cc2s1. The summed E-state index contributed by atoms with van der Waals surface area (Å²) >= 11 is 1.39. The number of rotatable bonds is 6. The first-order valence-electron chi connectivity index (χ1n) is 6.14. The van der Waals surface area contributed by atoms with Crippen molar-refractivity contribution in [3.63, 3.8) is 0 Å². The molecular weight excluding hydrogens is 278 g/mol. The lowest BCUT2D eigenvalue weighted by Crippen LogP contribution is -2.36. The molecule has 0 fully saturated rings. The van der Waals surface area contributed by atoms with Gasteiger partial charge in [-0.05, 0) is 24.6 Å². The van der Waals surface area contributed by atoms with Crippen LogP contribution in [0.5, 0.6) is 5.75 Å². The van der Waals surface area contributed by atoms with Crippen LogP contribution in [-0.2, 0) is 9.53 Å². The number of carbonyl (C=O) groups excluding carboxylic acids is 1. The molecule has 108 valence electrons. The molecule has 6 nitrogen and oxygen atoms in total. The minimum Gasteiger partial charge on any atom is -0.497 e. The number of anilines is 1. The van der Waals surface area contributed by atoms with Crippen LogP contribution in [0.15, 0.2) is 18.2 Å². The van der Waals surface area contributed by atoms with E-state index in [0.29, 0.717) is 18.2 Å². The predicted molar refractivity (Wildman–Crippen MR) is 79.3 cm³/mol. The van der Waals surface area contributed by atoms with E-state index in [2.05, 4.69) is 10.3 Å². The van der Waals surface area contributed by atoms with Crippen LogP contribution in [0.25, 0.3) is 10.2 Å². The number of methoxy groups -OCH3 is 2. The third-order valence-electron chi connectivity index (χ3n) is 2.80. The van der Waals surface area contributed by atoms with Gasteiger partial charge in [0.2, 0.25) is 5.91 Å². The molecule has 0 spiro atoms. The number of ether oxygens (including phenoxy) is 2. The second-order valence-electron chi connectivity index (χ2n) is 4.23.